The summed E-state index contributed by atoms with van der Waals surface area (Å²) in [4.78, 5) is 25.7. The first kappa shape index (κ1) is 19.8. The van der Waals surface area contributed by atoms with Crippen LogP contribution in [-0.2, 0) is 4.79 Å². The average molecular weight is 411 g/mol. The third-order valence-corrected chi connectivity index (χ3v) is 4.96. The van der Waals surface area contributed by atoms with Crippen molar-refractivity contribution in [2.24, 2.45) is 0 Å². The van der Waals surface area contributed by atoms with E-state index in [1.54, 1.807) is 37.3 Å². The second-order valence-electron chi connectivity index (χ2n) is 7.19. The molecule has 8 nitrogen and oxygen atoms in total. The molecule has 0 aliphatic carbocycles. The maximum atomic E-state index is 13.2. The number of para-hydroxylation sites is 1. The predicted octanol–water partition coefficient (Wildman–Crippen LogP) is 2.25. The van der Waals surface area contributed by atoms with Gasteiger partial charge in [0.2, 0.25) is 12.7 Å². The monoisotopic (exact) mass is 411 g/mol. The number of nitrogens with one attached hydrogen (secondary N) is 1. The van der Waals surface area contributed by atoms with Crippen molar-refractivity contribution in [1.29, 1.82) is 0 Å². The van der Waals surface area contributed by atoms with Crippen LogP contribution >= 0.6 is 0 Å². The molecule has 1 amide bonds. The quantitative estimate of drug-likeness (QED) is 0.569. The average Bonchev–Trinajstić information content (AvgIpc) is 3.18. The van der Waals surface area contributed by atoms with Gasteiger partial charge in [-0.25, -0.2) is 0 Å². The van der Waals surface area contributed by atoms with Gasteiger partial charge in [0.25, 0.3) is 0 Å². The van der Waals surface area contributed by atoms with Gasteiger partial charge >= 0.3 is 0 Å². The van der Waals surface area contributed by atoms with E-state index < -0.39 is 12.0 Å². The molecule has 0 radical (unpaired) electrons. The molecule has 8 heteroatoms. The number of fused-ring (bicyclic) bond motifs is 2. The standard InChI is InChI=1S/C22H21NO7/c1-12(24)9-23-21(26)7-14(15-6-19-20(8-17(15)25)30-11-29-19)16-10-28-18-5-3-2-4-13(18)22(16)27/h2-6,8,10,12,14,24-25H,7,9,11H2,1H3,(H,23,26)/t12-,14+/m1/s1. The van der Waals surface area contributed by atoms with Crippen LogP contribution in [0, 0.1) is 0 Å². The molecule has 1 aromatic heterocycles. The van der Waals surface area contributed by atoms with Crippen molar-refractivity contribution >= 4 is 16.9 Å². The highest BCUT2D eigenvalue weighted by atomic mass is 16.7. The highest BCUT2D eigenvalue weighted by Gasteiger charge is 2.28. The van der Waals surface area contributed by atoms with Gasteiger partial charge < -0.3 is 29.4 Å². The number of phenolic OH excluding ortho intramolecular Hbond substituents is 1. The van der Waals surface area contributed by atoms with Crippen molar-refractivity contribution in [2.75, 3.05) is 13.3 Å². The zero-order valence-electron chi connectivity index (χ0n) is 16.3. The number of rotatable bonds is 6. The first-order valence-electron chi connectivity index (χ1n) is 9.51. The Balaban J connectivity index is 1.80. The van der Waals surface area contributed by atoms with Gasteiger partial charge in [0.15, 0.2) is 16.9 Å². The number of aliphatic hydroxyl groups is 1. The Morgan fingerprint density at radius 1 is 1.17 bits per heavy atom. The highest BCUT2D eigenvalue weighted by molar-refractivity contribution is 5.80. The summed E-state index contributed by atoms with van der Waals surface area (Å²) in [6.07, 6.45) is 0.474. The fourth-order valence-corrected chi connectivity index (χ4v) is 3.47. The molecule has 2 aromatic carbocycles. The van der Waals surface area contributed by atoms with Gasteiger partial charge in [0.05, 0.1) is 17.8 Å². The number of amides is 1. The van der Waals surface area contributed by atoms with Crippen LogP contribution in [0.2, 0.25) is 0 Å². The van der Waals surface area contributed by atoms with Crippen molar-refractivity contribution in [3.8, 4) is 17.2 Å². The van der Waals surface area contributed by atoms with Crippen LogP contribution in [-0.4, -0.2) is 35.6 Å². The molecule has 30 heavy (non-hydrogen) atoms. The molecule has 2 atom stereocenters. The topological polar surface area (TPSA) is 118 Å². The molecule has 0 spiro atoms. The molecule has 4 rings (SSSR count). The molecular formula is C22H21NO7. The molecule has 0 saturated heterocycles. The van der Waals surface area contributed by atoms with Crippen molar-refractivity contribution in [3.63, 3.8) is 0 Å². The van der Waals surface area contributed by atoms with Crippen LogP contribution in [0.3, 0.4) is 0 Å². The minimum absolute atomic E-state index is 0.0237. The van der Waals surface area contributed by atoms with Crippen LogP contribution in [0.4, 0.5) is 0 Å². The van der Waals surface area contributed by atoms with Gasteiger partial charge in [0.1, 0.15) is 11.3 Å². The minimum atomic E-state index is -0.797. The summed E-state index contributed by atoms with van der Waals surface area (Å²) in [5, 5.41) is 23.0. The second-order valence-corrected chi connectivity index (χ2v) is 7.19. The lowest BCUT2D eigenvalue weighted by molar-refractivity contribution is -0.121. The predicted molar refractivity (Wildman–Crippen MR) is 108 cm³/mol. The third-order valence-electron chi connectivity index (χ3n) is 4.96. The van der Waals surface area contributed by atoms with E-state index in [1.807, 2.05) is 0 Å². The summed E-state index contributed by atoms with van der Waals surface area (Å²) in [5.74, 6) is -0.499. The Morgan fingerprint density at radius 2 is 1.90 bits per heavy atom. The summed E-state index contributed by atoms with van der Waals surface area (Å²) in [6, 6.07) is 9.79. The lowest BCUT2D eigenvalue weighted by atomic mass is 9.87. The number of aliphatic hydroxyl groups excluding tert-OH is 1. The summed E-state index contributed by atoms with van der Waals surface area (Å²) in [5.41, 5.74) is 0.713. The number of benzene rings is 2. The second kappa shape index (κ2) is 8.08. The number of carbonyl (C=O) groups excluding carboxylic acids is 1. The molecule has 1 aliphatic heterocycles. The first-order chi connectivity index (χ1) is 14.4. The number of carbonyl (C=O) groups is 1. The fourth-order valence-electron chi connectivity index (χ4n) is 3.47. The van der Waals surface area contributed by atoms with E-state index in [0.717, 1.165) is 0 Å². The lowest BCUT2D eigenvalue weighted by Crippen LogP contribution is -2.32. The summed E-state index contributed by atoms with van der Waals surface area (Å²) in [7, 11) is 0. The zero-order chi connectivity index (χ0) is 21.3. The number of hydrogen-bond donors (Lipinski definition) is 3. The van der Waals surface area contributed by atoms with Crippen LogP contribution in [0.5, 0.6) is 17.2 Å². The SMILES string of the molecule is C[C@@H](O)CNC(=O)C[C@@H](c1cc2c(cc1O)OCO2)c1coc2ccccc2c1=O. The number of ether oxygens (including phenoxy) is 2. The molecule has 3 aromatic rings. The lowest BCUT2D eigenvalue weighted by Gasteiger charge is -2.19. The largest absolute Gasteiger partial charge is 0.508 e. The van der Waals surface area contributed by atoms with Gasteiger partial charge in [-0.3, -0.25) is 9.59 Å². The smallest absolute Gasteiger partial charge is 0.231 e. The molecule has 1 aliphatic rings. The zero-order valence-corrected chi connectivity index (χ0v) is 16.3. The molecule has 0 saturated carbocycles. The molecular weight excluding hydrogens is 390 g/mol. The Kier molecular flexibility index (Phi) is 5.33. The highest BCUT2D eigenvalue weighted by Crippen LogP contribution is 2.42. The Labute approximate surface area is 171 Å². The molecule has 2 heterocycles. The molecule has 3 N–H and O–H groups in total. The minimum Gasteiger partial charge on any atom is -0.508 e. The summed E-state index contributed by atoms with van der Waals surface area (Å²) in [6.45, 7) is 1.65. The maximum Gasteiger partial charge on any atom is 0.231 e. The van der Waals surface area contributed by atoms with Crippen molar-refractivity contribution in [3.05, 3.63) is 64.0 Å². The van der Waals surface area contributed by atoms with Gasteiger partial charge in [-0.2, -0.15) is 0 Å². The number of aromatic hydroxyl groups is 1. The van der Waals surface area contributed by atoms with E-state index >= 15 is 0 Å². The van der Waals surface area contributed by atoms with E-state index in [9.17, 15) is 19.8 Å². The Morgan fingerprint density at radius 3 is 2.67 bits per heavy atom. The van der Waals surface area contributed by atoms with E-state index in [4.69, 9.17) is 13.9 Å². The van der Waals surface area contributed by atoms with Crippen molar-refractivity contribution in [1.82, 2.24) is 5.32 Å². The van der Waals surface area contributed by atoms with Gasteiger partial charge in [0, 0.05) is 36.1 Å². The molecule has 0 fully saturated rings. The van der Waals surface area contributed by atoms with E-state index in [2.05, 4.69) is 5.32 Å². The van der Waals surface area contributed by atoms with Gasteiger partial charge in [-0.05, 0) is 25.1 Å². The van der Waals surface area contributed by atoms with Crippen molar-refractivity contribution < 1.29 is 28.9 Å². The number of hydrogen-bond acceptors (Lipinski definition) is 7. The third kappa shape index (κ3) is 3.81. The van der Waals surface area contributed by atoms with Crippen LogP contribution < -0.4 is 20.2 Å². The van der Waals surface area contributed by atoms with E-state index in [-0.39, 0.29) is 42.4 Å². The number of phenols is 1. The van der Waals surface area contributed by atoms with E-state index in [1.165, 1.54) is 12.3 Å². The maximum absolute atomic E-state index is 13.2. The van der Waals surface area contributed by atoms with Crippen molar-refractivity contribution in [2.45, 2.75) is 25.4 Å². The molecule has 0 unspecified atom stereocenters. The van der Waals surface area contributed by atoms with Crippen LogP contribution in [0.25, 0.3) is 11.0 Å². The normalized spacial score (nSPS) is 14.5. The summed E-state index contributed by atoms with van der Waals surface area (Å²) < 4.78 is 16.3. The van der Waals surface area contributed by atoms with E-state index in [0.29, 0.717) is 28.0 Å². The Hall–Kier alpha value is -3.52. The van der Waals surface area contributed by atoms with Crippen LogP contribution in [0.15, 0.2) is 51.9 Å². The Bertz CT molecular complexity index is 1150. The molecule has 0 bridgehead atoms. The molecule has 156 valence electrons. The first-order valence-corrected chi connectivity index (χ1v) is 9.51. The van der Waals surface area contributed by atoms with Gasteiger partial charge in [-0.15, -0.1) is 0 Å². The summed E-state index contributed by atoms with van der Waals surface area (Å²) >= 11 is 0. The van der Waals surface area contributed by atoms with Crippen LogP contribution in [0.1, 0.15) is 30.4 Å². The van der Waals surface area contributed by atoms with Gasteiger partial charge in [-0.1, -0.05) is 12.1 Å². The fraction of sp³-hybridized carbons (Fsp3) is 0.273.